The molecule has 0 spiro atoms. The molecule has 0 saturated heterocycles. The van der Waals surface area contributed by atoms with E-state index in [1.165, 1.54) is 5.56 Å². The van der Waals surface area contributed by atoms with E-state index in [1.54, 1.807) is 0 Å². The molecule has 0 amide bonds. The molecule has 0 aliphatic heterocycles. The fraction of sp³-hybridized carbons (Fsp3) is 0.462. The fourth-order valence-corrected chi connectivity index (χ4v) is 1.71. The molecule has 4 heteroatoms. The summed E-state index contributed by atoms with van der Waals surface area (Å²) in [4.78, 5) is 2.61. The number of aliphatic hydroxyl groups is 1. The lowest BCUT2D eigenvalue weighted by atomic mass is 10.1. The summed E-state index contributed by atoms with van der Waals surface area (Å²) >= 11 is 4.90. The average Bonchev–Trinajstić information content (AvgIpc) is 2.27. The molecule has 1 rings (SSSR count). The molecular formula is C13H20N2OS. The highest BCUT2D eigenvalue weighted by atomic mass is 32.1. The maximum atomic E-state index is 9.21. The van der Waals surface area contributed by atoms with E-state index in [-0.39, 0.29) is 6.10 Å². The largest absolute Gasteiger partial charge is 0.393 e. The number of thiocarbonyl (C=S) groups is 1. The van der Waals surface area contributed by atoms with E-state index in [9.17, 15) is 5.11 Å². The normalized spacial score (nSPS) is 12.7. The van der Waals surface area contributed by atoms with Crippen LogP contribution in [0.3, 0.4) is 0 Å². The zero-order valence-corrected chi connectivity index (χ0v) is 11.2. The number of rotatable bonds is 6. The van der Waals surface area contributed by atoms with Gasteiger partial charge in [0, 0.05) is 18.7 Å². The van der Waals surface area contributed by atoms with E-state index >= 15 is 0 Å². The lowest BCUT2D eigenvalue weighted by Crippen LogP contribution is -2.22. The number of nitrogens with two attached hydrogens (primary N) is 1. The first-order chi connectivity index (χ1) is 7.99. The van der Waals surface area contributed by atoms with Crippen LogP contribution in [0.2, 0.25) is 0 Å². The summed E-state index contributed by atoms with van der Waals surface area (Å²) in [5.41, 5.74) is 7.66. The molecule has 0 aliphatic carbocycles. The maximum absolute atomic E-state index is 9.21. The number of aliphatic hydroxyl groups excluding tert-OH is 1. The van der Waals surface area contributed by atoms with Gasteiger partial charge in [-0.3, -0.25) is 0 Å². The molecule has 1 aromatic rings. The van der Waals surface area contributed by atoms with Gasteiger partial charge in [-0.25, -0.2) is 0 Å². The highest BCUT2D eigenvalue weighted by Gasteiger charge is 2.03. The van der Waals surface area contributed by atoms with Gasteiger partial charge >= 0.3 is 0 Å². The van der Waals surface area contributed by atoms with E-state index in [2.05, 4.69) is 4.90 Å². The Labute approximate surface area is 108 Å². The predicted molar refractivity (Wildman–Crippen MR) is 75.0 cm³/mol. The van der Waals surface area contributed by atoms with Crippen molar-refractivity contribution in [2.75, 3.05) is 13.6 Å². The van der Waals surface area contributed by atoms with Gasteiger partial charge in [0.25, 0.3) is 0 Å². The smallest absolute Gasteiger partial charge is 0.103 e. The van der Waals surface area contributed by atoms with Gasteiger partial charge in [-0.1, -0.05) is 36.5 Å². The second-order valence-electron chi connectivity index (χ2n) is 4.44. The van der Waals surface area contributed by atoms with E-state index in [0.29, 0.717) is 4.99 Å². The minimum atomic E-state index is -0.241. The third kappa shape index (κ3) is 5.26. The minimum Gasteiger partial charge on any atom is -0.393 e. The van der Waals surface area contributed by atoms with Crippen molar-refractivity contribution in [3.63, 3.8) is 0 Å². The first-order valence-electron chi connectivity index (χ1n) is 5.74. The van der Waals surface area contributed by atoms with Crippen LogP contribution in [0, 0.1) is 0 Å². The van der Waals surface area contributed by atoms with E-state index in [1.807, 2.05) is 38.2 Å². The molecule has 17 heavy (non-hydrogen) atoms. The summed E-state index contributed by atoms with van der Waals surface area (Å²) < 4.78 is 0. The van der Waals surface area contributed by atoms with Gasteiger partial charge in [0.05, 0.1) is 6.10 Å². The van der Waals surface area contributed by atoms with Crippen molar-refractivity contribution in [2.45, 2.75) is 26.0 Å². The molecule has 0 heterocycles. The molecule has 0 aromatic heterocycles. The molecule has 0 bridgehead atoms. The maximum Gasteiger partial charge on any atom is 0.103 e. The molecule has 3 nitrogen and oxygen atoms in total. The summed E-state index contributed by atoms with van der Waals surface area (Å²) in [6.45, 7) is 3.56. The standard InChI is InChI=1S/C13H20N2OS/c1-10(16)7-8-15(2)9-11-3-5-12(6-4-11)13(14)17/h3-6,10,16H,7-9H2,1-2H3,(H2,14,17). The predicted octanol–water partition coefficient (Wildman–Crippen LogP) is 1.52. The number of benzene rings is 1. The summed E-state index contributed by atoms with van der Waals surface area (Å²) in [6, 6.07) is 7.96. The first kappa shape index (κ1) is 14.1. The molecule has 1 aromatic carbocycles. The minimum absolute atomic E-state index is 0.241. The summed E-state index contributed by atoms with van der Waals surface area (Å²) in [6.07, 6.45) is 0.552. The summed E-state index contributed by atoms with van der Waals surface area (Å²) in [5.74, 6) is 0. The van der Waals surface area contributed by atoms with Crippen LogP contribution in [-0.4, -0.2) is 34.7 Å². The zero-order chi connectivity index (χ0) is 12.8. The van der Waals surface area contributed by atoms with Gasteiger partial charge in [-0.2, -0.15) is 0 Å². The lowest BCUT2D eigenvalue weighted by Gasteiger charge is -2.17. The van der Waals surface area contributed by atoms with Crippen LogP contribution in [0.15, 0.2) is 24.3 Å². The van der Waals surface area contributed by atoms with Gasteiger partial charge < -0.3 is 15.7 Å². The molecule has 1 atom stereocenters. The van der Waals surface area contributed by atoms with Crippen LogP contribution >= 0.6 is 12.2 Å². The van der Waals surface area contributed by atoms with Crippen LogP contribution in [0.5, 0.6) is 0 Å². The Balaban J connectivity index is 2.48. The van der Waals surface area contributed by atoms with E-state index in [4.69, 9.17) is 18.0 Å². The second-order valence-corrected chi connectivity index (χ2v) is 4.88. The van der Waals surface area contributed by atoms with Crippen molar-refractivity contribution in [3.8, 4) is 0 Å². The Morgan fingerprint density at radius 1 is 1.41 bits per heavy atom. The van der Waals surface area contributed by atoms with Crippen LogP contribution in [0.1, 0.15) is 24.5 Å². The van der Waals surface area contributed by atoms with Crippen molar-refractivity contribution in [1.82, 2.24) is 4.90 Å². The fourth-order valence-electron chi connectivity index (χ4n) is 1.57. The monoisotopic (exact) mass is 252 g/mol. The molecule has 3 N–H and O–H groups in total. The number of hydrogen-bond acceptors (Lipinski definition) is 3. The first-order valence-corrected chi connectivity index (χ1v) is 6.15. The Morgan fingerprint density at radius 3 is 2.47 bits per heavy atom. The number of hydrogen-bond donors (Lipinski definition) is 2. The quantitative estimate of drug-likeness (QED) is 0.754. The third-order valence-corrected chi connectivity index (χ3v) is 2.86. The SMILES string of the molecule is CC(O)CCN(C)Cc1ccc(C(N)=S)cc1. The van der Waals surface area contributed by atoms with E-state index < -0.39 is 0 Å². The number of nitrogens with zero attached hydrogens (tertiary/aromatic N) is 1. The van der Waals surface area contributed by atoms with Gasteiger partial charge in [0.1, 0.15) is 4.99 Å². The third-order valence-electron chi connectivity index (χ3n) is 2.62. The zero-order valence-electron chi connectivity index (χ0n) is 10.4. The van der Waals surface area contributed by atoms with Crippen molar-refractivity contribution >= 4 is 17.2 Å². The van der Waals surface area contributed by atoms with Crippen molar-refractivity contribution in [3.05, 3.63) is 35.4 Å². The van der Waals surface area contributed by atoms with Crippen LogP contribution in [0.4, 0.5) is 0 Å². The summed E-state index contributed by atoms with van der Waals surface area (Å²) in [7, 11) is 2.05. The Bertz CT molecular complexity index is 362. The van der Waals surface area contributed by atoms with E-state index in [0.717, 1.165) is 25.1 Å². The lowest BCUT2D eigenvalue weighted by molar-refractivity contribution is 0.163. The summed E-state index contributed by atoms with van der Waals surface area (Å²) in [5, 5.41) is 9.21. The van der Waals surface area contributed by atoms with Crippen LogP contribution < -0.4 is 5.73 Å². The van der Waals surface area contributed by atoms with Gasteiger partial charge in [-0.05, 0) is 26.0 Å². The highest BCUT2D eigenvalue weighted by Crippen LogP contribution is 2.07. The van der Waals surface area contributed by atoms with Crippen LogP contribution in [-0.2, 0) is 6.54 Å². The molecule has 0 radical (unpaired) electrons. The molecule has 0 aliphatic rings. The Hall–Kier alpha value is -0.970. The molecular weight excluding hydrogens is 232 g/mol. The van der Waals surface area contributed by atoms with Crippen molar-refractivity contribution in [1.29, 1.82) is 0 Å². The van der Waals surface area contributed by atoms with Crippen molar-refractivity contribution in [2.24, 2.45) is 5.73 Å². The topological polar surface area (TPSA) is 49.5 Å². The molecule has 0 saturated carbocycles. The molecule has 1 unspecified atom stereocenters. The highest BCUT2D eigenvalue weighted by molar-refractivity contribution is 7.80. The van der Waals surface area contributed by atoms with Crippen LogP contribution in [0.25, 0.3) is 0 Å². The molecule has 0 fully saturated rings. The van der Waals surface area contributed by atoms with Crippen molar-refractivity contribution < 1.29 is 5.11 Å². The second kappa shape index (κ2) is 6.69. The van der Waals surface area contributed by atoms with Gasteiger partial charge in [0.2, 0.25) is 0 Å². The Morgan fingerprint density at radius 2 is 2.00 bits per heavy atom. The molecule has 94 valence electrons. The van der Waals surface area contributed by atoms with Gasteiger partial charge in [-0.15, -0.1) is 0 Å². The Kier molecular flexibility index (Phi) is 5.55. The van der Waals surface area contributed by atoms with Gasteiger partial charge in [0.15, 0.2) is 0 Å². The average molecular weight is 252 g/mol.